The van der Waals surface area contributed by atoms with Crippen molar-refractivity contribution in [3.8, 4) is 0 Å². The van der Waals surface area contributed by atoms with Crippen LogP contribution in [0.5, 0.6) is 0 Å². The molecule has 2 rings (SSSR count). The number of rotatable bonds is 3. The molecule has 0 saturated carbocycles. The molecule has 0 bridgehead atoms. The van der Waals surface area contributed by atoms with Crippen LogP contribution in [0.15, 0.2) is 12.5 Å². The molecule has 0 atom stereocenters. The molecule has 1 N–H and O–H groups in total. The molecular formula is C9H13N5O4S. The van der Waals surface area contributed by atoms with Crippen LogP contribution in [0.25, 0.3) is 0 Å². The average molecular weight is 287 g/mol. The Kier molecular flexibility index (Phi) is 3.39. The Hall–Kier alpha value is -1.78. The van der Waals surface area contributed by atoms with Crippen molar-refractivity contribution in [3.63, 3.8) is 0 Å². The Balaban J connectivity index is 2.33. The third-order valence-corrected chi connectivity index (χ3v) is 4.41. The Morgan fingerprint density at radius 1 is 1.42 bits per heavy atom. The monoisotopic (exact) mass is 287 g/mol. The number of hydrazine groups is 1. The van der Waals surface area contributed by atoms with Gasteiger partial charge in [0.15, 0.2) is 0 Å². The van der Waals surface area contributed by atoms with Gasteiger partial charge in [-0.25, -0.2) is 14.8 Å². The third kappa shape index (κ3) is 2.37. The molecule has 0 fully saturated rings. The van der Waals surface area contributed by atoms with E-state index in [2.05, 4.69) is 9.97 Å². The summed E-state index contributed by atoms with van der Waals surface area (Å²) in [5.41, 5.74) is 1.33. The summed E-state index contributed by atoms with van der Waals surface area (Å²) in [6.45, 7) is 0.243. The second-order valence-electron chi connectivity index (χ2n) is 4.13. The number of hydrogen-bond acceptors (Lipinski definition) is 6. The molecule has 104 valence electrons. The summed E-state index contributed by atoms with van der Waals surface area (Å²) >= 11 is 0. The molecule has 0 unspecified atom stereocenters. The van der Waals surface area contributed by atoms with E-state index < -0.39 is 16.3 Å². The molecule has 0 spiro atoms. The van der Waals surface area contributed by atoms with Gasteiger partial charge in [0.1, 0.15) is 6.33 Å². The Bertz CT molecular complexity index is 577. The minimum absolute atomic E-state index is 0.108. The normalized spacial score (nSPS) is 15.5. The maximum Gasteiger partial charge on any atom is 0.437 e. The Morgan fingerprint density at radius 2 is 2.11 bits per heavy atom. The number of carbonyl (C=O) groups is 1. The zero-order valence-electron chi connectivity index (χ0n) is 10.4. The first-order valence-corrected chi connectivity index (χ1v) is 6.72. The quantitative estimate of drug-likeness (QED) is 0.798. The summed E-state index contributed by atoms with van der Waals surface area (Å²) in [6, 6.07) is 0. The third-order valence-electron chi connectivity index (χ3n) is 2.67. The fourth-order valence-corrected chi connectivity index (χ4v) is 2.65. The smallest absolute Gasteiger partial charge is 0.437 e. The fraction of sp³-hybridized carbons (Fsp3) is 0.444. The van der Waals surface area contributed by atoms with Crippen LogP contribution in [0.1, 0.15) is 11.3 Å². The molecule has 10 heteroatoms. The van der Waals surface area contributed by atoms with E-state index in [0.29, 0.717) is 15.7 Å². The van der Waals surface area contributed by atoms with Gasteiger partial charge in [-0.3, -0.25) is 0 Å². The molecule has 2 heterocycles. The number of carboxylic acid groups (broad SMARTS) is 1. The van der Waals surface area contributed by atoms with Gasteiger partial charge in [0.25, 0.3) is 0 Å². The molecule has 1 aromatic heterocycles. The molecule has 0 aliphatic carbocycles. The van der Waals surface area contributed by atoms with Crippen LogP contribution in [0.2, 0.25) is 0 Å². The van der Waals surface area contributed by atoms with Crippen molar-refractivity contribution < 1.29 is 18.3 Å². The predicted molar refractivity (Wildman–Crippen MR) is 63.7 cm³/mol. The number of amides is 1. The standard InChI is InChI=1S/C9H13N5O4S/c1-12(2)19(17,18)14(9(15)16)13-4-7-3-10-6-11-8(7)5-13/h3,6H,4-5H2,1-2H3,(H,15,16). The summed E-state index contributed by atoms with van der Waals surface area (Å²) in [5.74, 6) is 0. The molecule has 9 nitrogen and oxygen atoms in total. The summed E-state index contributed by atoms with van der Waals surface area (Å²) < 4.78 is 25.2. The van der Waals surface area contributed by atoms with Crippen LogP contribution < -0.4 is 0 Å². The van der Waals surface area contributed by atoms with Crippen LogP contribution >= 0.6 is 0 Å². The van der Waals surface area contributed by atoms with Gasteiger partial charge in [-0.05, 0) is 0 Å². The number of aromatic nitrogens is 2. The number of fused-ring (bicyclic) bond motifs is 1. The average Bonchev–Trinajstić information content (AvgIpc) is 2.70. The zero-order chi connectivity index (χ0) is 14.2. The fourth-order valence-electron chi connectivity index (χ4n) is 1.73. The van der Waals surface area contributed by atoms with E-state index in [1.807, 2.05) is 0 Å². The molecule has 1 aromatic rings. The second kappa shape index (κ2) is 4.72. The molecule has 1 aliphatic heterocycles. The SMILES string of the molecule is CN(C)S(=O)(=O)N(C(=O)O)N1Cc2cncnc2C1. The minimum atomic E-state index is -4.09. The summed E-state index contributed by atoms with van der Waals surface area (Å²) in [4.78, 5) is 19.1. The van der Waals surface area contributed by atoms with Crippen molar-refractivity contribution >= 4 is 16.3 Å². The summed E-state index contributed by atoms with van der Waals surface area (Å²) in [7, 11) is -1.55. The van der Waals surface area contributed by atoms with E-state index in [-0.39, 0.29) is 13.1 Å². The van der Waals surface area contributed by atoms with Crippen LogP contribution in [-0.2, 0) is 23.3 Å². The van der Waals surface area contributed by atoms with Gasteiger partial charge in [0, 0.05) is 32.4 Å². The molecule has 1 amide bonds. The minimum Gasteiger partial charge on any atom is -0.463 e. The van der Waals surface area contributed by atoms with Crippen LogP contribution in [0.4, 0.5) is 4.79 Å². The van der Waals surface area contributed by atoms with E-state index >= 15 is 0 Å². The van der Waals surface area contributed by atoms with E-state index in [0.717, 1.165) is 4.31 Å². The van der Waals surface area contributed by atoms with E-state index in [4.69, 9.17) is 5.11 Å². The Morgan fingerprint density at radius 3 is 2.63 bits per heavy atom. The van der Waals surface area contributed by atoms with Gasteiger partial charge < -0.3 is 5.11 Å². The first kappa shape index (κ1) is 13.6. The highest BCUT2D eigenvalue weighted by atomic mass is 32.2. The van der Waals surface area contributed by atoms with Crippen molar-refractivity contribution in [1.29, 1.82) is 0 Å². The van der Waals surface area contributed by atoms with E-state index in [1.165, 1.54) is 25.4 Å². The van der Waals surface area contributed by atoms with Gasteiger partial charge in [0.2, 0.25) is 0 Å². The zero-order valence-corrected chi connectivity index (χ0v) is 11.2. The maximum absolute atomic E-state index is 12.0. The second-order valence-corrected chi connectivity index (χ2v) is 6.10. The maximum atomic E-state index is 12.0. The van der Waals surface area contributed by atoms with Crippen molar-refractivity contribution in [2.24, 2.45) is 0 Å². The predicted octanol–water partition coefficient (Wildman–Crippen LogP) is -0.506. The number of hydrogen-bond donors (Lipinski definition) is 1. The lowest BCUT2D eigenvalue weighted by Crippen LogP contribution is -2.51. The lowest BCUT2D eigenvalue weighted by Gasteiger charge is -2.29. The van der Waals surface area contributed by atoms with E-state index in [1.54, 1.807) is 6.20 Å². The lowest BCUT2D eigenvalue weighted by atomic mass is 10.3. The summed E-state index contributed by atoms with van der Waals surface area (Å²) in [5, 5.41) is 10.3. The van der Waals surface area contributed by atoms with Gasteiger partial charge in [-0.15, -0.1) is 4.41 Å². The van der Waals surface area contributed by atoms with E-state index in [9.17, 15) is 13.2 Å². The molecular weight excluding hydrogens is 274 g/mol. The first-order valence-electron chi connectivity index (χ1n) is 5.32. The van der Waals surface area contributed by atoms with Gasteiger partial charge in [-0.1, -0.05) is 0 Å². The molecule has 0 aromatic carbocycles. The van der Waals surface area contributed by atoms with Crippen LogP contribution in [-0.4, -0.2) is 57.4 Å². The molecule has 0 saturated heterocycles. The summed E-state index contributed by atoms with van der Waals surface area (Å²) in [6.07, 6.45) is 1.33. The first-order chi connectivity index (χ1) is 8.84. The molecule has 19 heavy (non-hydrogen) atoms. The van der Waals surface area contributed by atoms with Gasteiger partial charge in [0.05, 0.1) is 12.2 Å². The van der Waals surface area contributed by atoms with Crippen molar-refractivity contribution in [1.82, 2.24) is 23.7 Å². The van der Waals surface area contributed by atoms with Gasteiger partial charge >= 0.3 is 16.3 Å². The molecule has 1 aliphatic rings. The van der Waals surface area contributed by atoms with Crippen molar-refractivity contribution in [2.75, 3.05) is 14.1 Å². The van der Waals surface area contributed by atoms with Crippen LogP contribution in [0.3, 0.4) is 0 Å². The topological polar surface area (TPSA) is 107 Å². The Labute approximate surface area is 110 Å². The number of nitrogens with zero attached hydrogens (tertiary/aromatic N) is 5. The van der Waals surface area contributed by atoms with Gasteiger partial charge in [-0.2, -0.15) is 17.7 Å². The molecule has 0 radical (unpaired) electrons. The van der Waals surface area contributed by atoms with Crippen LogP contribution in [0, 0.1) is 0 Å². The van der Waals surface area contributed by atoms with Crippen molar-refractivity contribution in [2.45, 2.75) is 13.1 Å². The highest BCUT2D eigenvalue weighted by molar-refractivity contribution is 7.87. The van der Waals surface area contributed by atoms with Crippen molar-refractivity contribution in [3.05, 3.63) is 23.8 Å². The largest absolute Gasteiger partial charge is 0.463 e. The highest BCUT2D eigenvalue weighted by Crippen LogP contribution is 2.23. The lowest BCUT2D eigenvalue weighted by molar-refractivity contribution is 0.0492. The highest BCUT2D eigenvalue weighted by Gasteiger charge is 2.38.